The number of halogens is 1. The molecule has 0 N–H and O–H groups in total. The van der Waals surface area contributed by atoms with Gasteiger partial charge in [0, 0.05) is 36.6 Å². The van der Waals surface area contributed by atoms with Crippen molar-refractivity contribution >= 4 is 31.9 Å². The number of rotatable bonds is 5. The molecule has 1 aromatic carbocycles. The summed E-state index contributed by atoms with van der Waals surface area (Å²) >= 11 is 3.30. The first-order valence-electron chi connectivity index (χ1n) is 7.94. The molecule has 2 rings (SSSR count). The lowest BCUT2D eigenvalue weighted by Gasteiger charge is -2.35. The molecule has 1 amide bonds. The third-order valence-electron chi connectivity index (χ3n) is 4.32. The zero-order valence-electron chi connectivity index (χ0n) is 13.5. The fraction of sp³-hybridized carbons (Fsp3) is 0.562. The van der Waals surface area contributed by atoms with Gasteiger partial charge in [0.05, 0.1) is 4.90 Å². The summed E-state index contributed by atoms with van der Waals surface area (Å²) in [4.78, 5) is 14.5. The van der Waals surface area contributed by atoms with Gasteiger partial charge in [-0.15, -0.1) is 0 Å². The van der Waals surface area contributed by atoms with Gasteiger partial charge in [-0.1, -0.05) is 35.8 Å². The van der Waals surface area contributed by atoms with Crippen molar-refractivity contribution in [3.05, 3.63) is 28.7 Å². The highest BCUT2D eigenvalue weighted by Gasteiger charge is 2.31. The number of sulfonamides is 1. The van der Waals surface area contributed by atoms with E-state index in [0.29, 0.717) is 26.2 Å². The Bertz CT molecular complexity index is 651. The monoisotopic (exact) mass is 402 g/mol. The van der Waals surface area contributed by atoms with Gasteiger partial charge in [-0.05, 0) is 31.0 Å². The van der Waals surface area contributed by atoms with Gasteiger partial charge in [-0.2, -0.15) is 4.31 Å². The van der Waals surface area contributed by atoms with Crippen LogP contribution in [0.2, 0.25) is 0 Å². The smallest absolute Gasteiger partial charge is 0.243 e. The average molecular weight is 403 g/mol. The van der Waals surface area contributed by atoms with E-state index in [0.717, 1.165) is 17.3 Å². The first kappa shape index (κ1) is 18.4. The predicted octanol–water partition coefficient (Wildman–Crippen LogP) is 2.72. The zero-order chi connectivity index (χ0) is 17.0. The third-order valence-corrected chi connectivity index (χ3v) is 6.71. The molecule has 0 radical (unpaired) electrons. The Morgan fingerprint density at radius 3 is 2.30 bits per heavy atom. The van der Waals surface area contributed by atoms with Crippen molar-refractivity contribution in [1.82, 2.24) is 9.21 Å². The van der Waals surface area contributed by atoms with E-state index in [4.69, 9.17) is 0 Å². The fourth-order valence-electron chi connectivity index (χ4n) is 2.82. The van der Waals surface area contributed by atoms with E-state index in [9.17, 15) is 13.2 Å². The molecule has 5 nitrogen and oxygen atoms in total. The van der Waals surface area contributed by atoms with Gasteiger partial charge in [-0.25, -0.2) is 8.42 Å². The quantitative estimate of drug-likeness (QED) is 0.760. The van der Waals surface area contributed by atoms with Crippen molar-refractivity contribution in [1.29, 1.82) is 0 Å². The molecule has 1 aromatic rings. The lowest BCUT2D eigenvalue weighted by Crippen LogP contribution is -2.51. The Morgan fingerprint density at radius 1 is 1.17 bits per heavy atom. The molecular formula is C16H23BrN2O3S. The molecule has 0 unspecified atom stereocenters. The molecule has 1 heterocycles. The van der Waals surface area contributed by atoms with Crippen LogP contribution in [0.25, 0.3) is 0 Å². The number of hydrogen-bond donors (Lipinski definition) is 0. The highest BCUT2D eigenvalue weighted by atomic mass is 79.9. The fourth-order valence-corrected chi connectivity index (χ4v) is 4.84. The summed E-state index contributed by atoms with van der Waals surface area (Å²) in [6.45, 7) is 5.65. The molecule has 0 spiro atoms. The van der Waals surface area contributed by atoms with E-state index in [1.807, 2.05) is 13.8 Å². The van der Waals surface area contributed by atoms with E-state index in [1.165, 1.54) is 4.31 Å². The predicted molar refractivity (Wildman–Crippen MR) is 93.6 cm³/mol. The molecule has 128 valence electrons. The van der Waals surface area contributed by atoms with Crippen LogP contribution in [-0.2, 0) is 14.8 Å². The van der Waals surface area contributed by atoms with Gasteiger partial charge in [-0.3, -0.25) is 4.79 Å². The average Bonchev–Trinajstić information content (AvgIpc) is 2.56. The Hall–Kier alpha value is -0.920. The molecule has 23 heavy (non-hydrogen) atoms. The van der Waals surface area contributed by atoms with Crippen molar-refractivity contribution in [2.45, 2.75) is 31.6 Å². The SMILES string of the molecule is CCC(CC)C(=O)N1CCN(S(=O)(=O)c2cccc(Br)c2)CC1. The van der Waals surface area contributed by atoms with Crippen LogP contribution in [0.4, 0.5) is 0 Å². The number of nitrogens with zero attached hydrogens (tertiary/aromatic N) is 2. The molecule has 0 saturated carbocycles. The minimum Gasteiger partial charge on any atom is -0.340 e. The van der Waals surface area contributed by atoms with Crippen LogP contribution in [0.5, 0.6) is 0 Å². The summed E-state index contributed by atoms with van der Waals surface area (Å²) in [5, 5.41) is 0. The Labute approximate surface area is 146 Å². The molecule has 1 saturated heterocycles. The van der Waals surface area contributed by atoms with Crippen LogP contribution in [0.3, 0.4) is 0 Å². The Morgan fingerprint density at radius 2 is 1.78 bits per heavy atom. The minimum absolute atomic E-state index is 0.0447. The van der Waals surface area contributed by atoms with Gasteiger partial charge in [0.1, 0.15) is 0 Å². The second kappa shape index (κ2) is 7.77. The standard InChI is InChI=1S/C16H23BrN2O3S/c1-3-13(4-2)16(20)18-8-10-19(11-9-18)23(21,22)15-7-5-6-14(17)12-15/h5-7,12-13H,3-4,8-11H2,1-2H3. The second-order valence-corrected chi connectivity index (χ2v) is 8.55. The summed E-state index contributed by atoms with van der Waals surface area (Å²) < 4.78 is 27.5. The summed E-state index contributed by atoms with van der Waals surface area (Å²) in [5.74, 6) is 0.192. The normalized spacial score (nSPS) is 16.8. The topological polar surface area (TPSA) is 57.7 Å². The largest absolute Gasteiger partial charge is 0.340 e. The summed E-state index contributed by atoms with van der Waals surface area (Å²) in [6, 6.07) is 6.72. The number of carbonyl (C=O) groups is 1. The van der Waals surface area contributed by atoms with E-state index in [2.05, 4.69) is 15.9 Å². The molecular weight excluding hydrogens is 380 g/mol. The number of hydrogen-bond acceptors (Lipinski definition) is 3. The van der Waals surface area contributed by atoms with E-state index in [1.54, 1.807) is 29.2 Å². The molecule has 7 heteroatoms. The number of amides is 1. The minimum atomic E-state index is -3.50. The molecule has 0 bridgehead atoms. The van der Waals surface area contributed by atoms with Gasteiger partial charge in [0.15, 0.2) is 0 Å². The maximum atomic E-state index is 12.7. The van der Waals surface area contributed by atoms with Gasteiger partial charge >= 0.3 is 0 Å². The zero-order valence-corrected chi connectivity index (χ0v) is 15.9. The van der Waals surface area contributed by atoms with E-state index >= 15 is 0 Å². The third kappa shape index (κ3) is 4.14. The molecule has 0 aliphatic carbocycles. The van der Waals surface area contributed by atoms with Gasteiger partial charge in [0.2, 0.25) is 15.9 Å². The molecule has 1 aliphatic heterocycles. The van der Waals surface area contributed by atoms with Crippen LogP contribution in [0.15, 0.2) is 33.6 Å². The maximum absolute atomic E-state index is 12.7. The van der Waals surface area contributed by atoms with Gasteiger partial charge < -0.3 is 4.90 Å². The van der Waals surface area contributed by atoms with Crippen molar-refractivity contribution in [2.24, 2.45) is 5.92 Å². The highest BCUT2D eigenvalue weighted by molar-refractivity contribution is 9.10. The van der Waals surface area contributed by atoms with Crippen LogP contribution < -0.4 is 0 Å². The van der Waals surface area contributed by atoms with Crippen LogP contribution in [0, 0.1) is 5.92 Å². The van der Waals surface area contributed by atoms with Crippen molar-refractivity contribution in [3.8, 4) is 0 Å². The lowest BCUT2D eigenvalue weighted by atomic mass is 10.0. The summed E-state index contributed by atoms with van der Waals surface area (Å²) in [7, 11) is -3.50. The van der Waals surface area contributed by atoms with Crippen molar-refractivity contribution < 1.29 is 13.2 Å². The van der Waals surface area contributed by atoms with Gasteiger partial charge in [0.25, 0.3) is 0 Å². The van der Waals surface area contributed by atoms with Crippen molar-refractivity contribution in [2.75, 3.05) is 26.2 Å². The molecule has 1 aliphatic rings. The number of piperazine rings is 1. The van der Waals surface area contributed by atoms with Crippen LogP contribution in [-0.4, -0.2) is 49.7 Å². The number of carbonyl (C=O) groups excluding carboxylic acids is 1. The molecule has 0 atom stereocenters. The highest BCUT2D eigenvalue weighted by Crippen LogP contribution is 2.22. The maximum Gasteiger partial charge on any atom is 0.243 e. The molecule has 1 fully saturated rings. The Balaban J connectivity index is 2.05. The Kier molecular flexibility index (Phi) is 6.22. The lowest BCUT2D eigenvalue weighted by molar-refractivity contribution is -0.136. The van der Waals surface area contributed by atoms with Crippen molar-refractivity contribution in [3.63, 3.8) is 0 Å². The number of benzene rings is 1. The first-order chi connectivity index (χ1) is 10.9. The van der Waals surface area contributed by atoms with Crippen LogP contribution >= 0.6 is 15.9 Å². The van der Waals surface area contributed by atoms with Crippen LogP contribution in [0.1, 0.15) is 26.7 Å². The molecule has 0 aromatic heterocycles. The second-order valence-electron chi connectivity index (χ2n) is 5.70. The summed E-state index contributed by atoms with van der Waals surface area (Å²) in [5.41, 5.74) is 0. The summed E-state index contributed by atoms with van der Waals surface area (Å²) in [6.07, 6.45) is 1.65. The van der Waals surface area contributed by atoms with E-state index in [-0.39, 0.29) is 16.7 Å². The first-order valence-corrected chi connectivity index (χ1v) is 10.2. The van der Waals surface area contributed by atoms with E-state index < -0.39 is 10.0 Å².